The van der Waals surface area contributed by atoms with Crippen LogP contribution in [-0.2, 0) is 6.42 Å². The highest BCUT2D eigenvalue weighted by Gasteiger charge is 2.32. The number of nitrogens with zero attached hydrogens (tertiary/aromatic N) is 2. The molecule has 5 rings (SSSR count). The maximum atomic E-state index is 12.8. The molecule has 2 N–H and O–H groups in total. The molecule has 0 fully saturated rings. The van der Waals surface area contributed by atoms with E-state index in [1.165, 1.54) is 11.3 Å². The van der Waals surface area contributed by atoms with E-state index in [1.54, 1.807) is 24.7 Å². The molecule has 0 saturated heterocycles. The number of rotatable bonds is 4. The van der Waals surface area contributed by atoms with Gasteiger partial charge in [0.05, 0.1) is 22.1 Å². The second kappa shape index (κ2) is 6.14. The number of imidazole rings is 1. The second-order valence-electron chi connectivity index (χ2n) is 6.31. The van der Waals surface area contributed by atoms with Crippen molar-refractivity contribution in [2.24, 2.45) is 0 Å². The molecule has 0 unspecified atom stereocenters. The van der Waals surface area contributed by atoms with Crippen LogP contribution >= 0.6 is 11.3 Å². The molecule has 27 heavy (non-hydrogen) atoms. The quantitative estimate of drug-likeness (QED) is 0.532. The average Bonchev–Trinajstić information content (AvgIpc) is 3.35. The predicted molar refractivity (Wildman–Crippen MR) is 104 cm³/mol. The Labute approximate surface area is 158 Å². The van der Waals surface area contributed by atoms with Gasteiger partial charge in [0.1, 0.15) is 0 Å². The number of carbonyl (C=O) groups is 2. The number of ketones is 2. The zero-order chi connectivity index (χ0) is 18.4. The third-order valence-electron chi connectivity index (χ3n) is 4.68. The van der Waals surface area contributed by atoms with E-state index in [4.69, 9.17) is 0 Å². The fourth-order valence-corrected chi connectivity index (χ4v) is 4.43. The zero-order valence-corrected chi connectivity index (χ0v) is 15.0. The topological polar surface area (TPSA) is 87.7 Å². The summed E-state index contributed by atoms with van der Waals surface area (Å²) in [5.41, 5.74) is 4.31. The Hall–Kier alpha value is -3.32. The summed E-state index contributed by atoms with van der Waals surface area (Å²) < 4.78 is 0.754. The third-order valence-corrected chi connectivity index (χ3v) is 5.72. The van der Waals surface area contributed by atoms with Gasteiger partial charge in [-0.25, -0.2) is 9.97 Å². The van der Waals surface area contributed by atoms with Crippen molar-refractivity contribution in [2.75, 3.05) is 11.9 Å². The number of hydrogen-bond donors (Lipinski definition) is 2. The van der Waals surface area contributed by atoms with Gasteiger partial charge >= 0.3 is 0 Å². The van der Waals surface area contributed by atoms with Crippen LogP contribution in [0.3, 0.4) is 0 Å². The van der Waals surface area contributed by atoms with Gasteiger partial charge in [-0.3, -0.25) is 9.59 Å². The van der Waals surface area contributed by atoms with Crippen molar-refractivity contribution in [2.45, 2.75) is 6.42 Å². The van der Waals surface area contributed by atoms with Crippen LogP contribution in [-0.4, -0.2) is 33.1 Å². The molecular weight excluding hydrogens is 360 g/mol. The van der Waals surface area contributed by atoms with Gasteiger partial charge in [0.2, 0.25) is 11.6 Å². The van der Waals surface area contributed by atoms with Crippen LogP contribution in [0.2, 0.25) is 0 Å². The molecule has 0 radical (unpaired) electrons. The maximum absolute atomic E-state index is 12.8. The molecule has 0 aliphatic heterocycles. The second-order valence-corrected chi connectivity index (χ2v) is 7.31. The molecule has 2 heterocycles. The summed E-state index contributed by atoms with van der Waals surface area (Å²) in [6.45, 7) is 0.694. The fraction of sp³-hybridized carbons (Fsp3) is 0.100. The molecule has 4 aromatic rings. The van der Waals surface area contributed by atoms with E-state index in [1.807, 2.05) is 24.3 Å². The smallest absolute Gasteiger partial charge is 0.235 e. The van der Waals surface area contributed by atoms with Gasteiger partial charge in [-0.15, -0.1) is 0 Å². The molecule has 0 spiro atoms. The minimum Gasteiger partial charge on any atom is -0.361 e. The molecule has 0 amide bonds. The van der Waals surface area contributed by atoms with E-state index in [2.05, 4.69) is 20.3 Å². The zero-order valence-electron chi connectivity index (χ0n) is 14.2. The van der Waals surface area contributed by atoms with Crippen LogP contribution in [0.4, 0.5) is 5.13 Å². The molecule has 0 saturated carbocycles. The SMILES string of the molecule is O=C1C(=O)c2c(ccc3nc(NCCc4cnc[nH]4)sc23)-c2ccccc21. The van der Waals surface area contributed by atoms with Gasteiger partial charge in [-0.05, 0) is 17.2 Å². The molecule has 7 heteroatoms. The van der Waals surface area contributed by atoms with Crippen LogP contribution in [0.15, 0.2) is 48.9 Å². The summed E-state index contributed by atoms with van der Waals surface area (Å²) in [5.74, 6) is -0.908. The number of fused-ring (bicyclic) bond motifs is 5. The normalized spacial score (nSPS) is 12.9. The molecule has 132 valence electrons. The maximum Gasteiger partial charge on any atom is 0.235 e. The number of carbonyl (C=O) groups excluding carboxylic acids is 2. The highest BCUT2D eigenvalue weighted by atomic mass is 32.1. The highest BCUT2D eigenvalue weighted by Crippen LogP contribution is 2.40. The first-order valence-corrected chi connectivity index (χ1v) is 9.37. The summed E-state index contributed by atoms with van der Waals surface area (Å²) in [6, 6.07) is 11.0. The lowest BCUT2D eigenvalue weighted by Crippen LogP contribution is -2.21. The molecule has 1 aliphatic rings. The summed E-state index contributed by atoms with van der Waals surface area (Å²) >= 11 is 1.41. The van der Waals surface area contributed by atoms with E-state index in [9.17, 15) is 9.59 Å². The van der Waals surface area contributed by atoms with Crippen molar-refractivity contribution < 1.29 is 9.59 Å². The first-order chi connectivity index (χ1) is 13.2. The molecular formula is C20H14N4O2S. The number of benzene rings is 2. The molecule has 2 aromatic carbocycles. The number of hydrogen-bond acceptors (Lipinski definition) is 6. The largest absolute Gasteiger partial charge is 0.361 e. The van der Waals surface area contributed by atoms with Crippen molar-refractivity contribution in [1.82, 2.24) is 15.0 Å². The number of aromatic amines is 1. The Morgan fingerprint density at radius 1 is 1.00 bits per heavy atom. The summed E-state index contributed by atoms with van der Waals surface area (Å²) in [4.78, 5) is 36.9. The Bertz CT molecular complexity index is 1190. The van der Waals surface area contributed by atoms with Gasteiger partial charge < -0.3 is 10.3 Å². The first-order valence-electron chi connectivity index (χ1n) is 8.55. The van der Waals surface area contributed by atoms with Gasteiger partial charge in [-0.1, -0.05) is 41.7 Å². The van der Waals surface area contributed by atoms with E-state index < -0.39 is 11.6 Å². The van der Waals surface area contributed by atoms with E-state index in [-0.39, 0.29) is 0 Å². The van der Waals surface area contributed by atoms with E-state index in [0.717, 1.165) is 38.6 Å². The van der Waals surface area contributed by atoms with Crippen molar-refractivity contribution in [1.29, 1.82) is 0 Å². The van der Waals surface area contributed by atoms with E-state index >= 15 is 0 Å². The van der Waals surface area contributed by atoms with Gasteiger partial charge in [-0.2, -0.15) is 0 Å². The lowest BCUT2D eigenvalue weighted by molar-refractivity contribution is 0.0816. The van der Waals surface area contributed by atoms with Crippen molar-refractivity contribution in [3.63, 3.8) is 0 Å². The number of H-pyrrole nitrogens is 1. The summed E-state index contributed by atoms with van der Waals surface area (Å²) in [5, 5.41) is 4.02. The number of anilines is 1. The molecule has 0 bridgehead atoms. The summed E-state index contributed by atoms with van der Waals surface area (Å²) in [7, 11) is 0. The van der Waals surface area contributed by atoms with Gasteiger partial charge in [0.15, 0.2) is 5.13 Å². The minimum atomic E-state index is -0.457. The summed E-state index contributed by atoms with van der Waals surface area (Å²) in [6.07, 6.45) is 4.23. The van der Waals surface area contributed by atoms with Crippen LogP contribution in [0.25, 0.3) is 21.3 Å². The van der Waals surface area contributed by atoms with Gasteiger partial charge in [0, 0.05) is 30.4 Å². The third kappa shape index (κ3) is 2.55. The number of Topliss-reactive ketones (excluding diaryl/α,β-unsaturated/α-hetero) is 2. The predicted octanol–water partition coefficient (Wildman–Crippen LogP) is 3.72. The Morgan fingerprint density at radius 3 is 2.67 bits per heavy atom. The Morgan fingerprint density at radius 2 is 1.85 bits per heavy atom. The highest BCUT2D eigenvalue weighted by molar-refractivity contribution is 7.22. The monoisotopic (exact) mass is 374 g/mol. The Kier molecular flexibility index (Phi) is 3.61. The molecule has 6 nitrogen and oxygen atoms in total. The minimum absolute atomic E-state index is 0.451. The van der Waals surface area contributed by atoms with Crippen molar-refractivity contribution in [3.05, 3.63) is 65.7 Å². The van der Waals surface area contributed by atoms with Crippen LogP contribution in [0.5, 0.6) is 0 Å². The number of aromatic nitrogens is 3. The van der Waals surface area contributed by atoms with E-state index in [0.29, 0.717) is 17.7 Å². The lowest BCUT2D eigenvalue weighted by atomic mass is 9.84. The standard InChI is InChI=1S/C20H14N4O2S/c25-17-14-4-2-1-3-12(14)13-5-6-15-19(16(13)18(17)26)27-20(24-15)22-8-7-11-9-21-10-23-11/h1-6,9-10H,7-8H2,(H,21,23)(H,22,24). The van der Waals surface area contributed by atoms with Gasteiger partial charge in [0.25, 0.3) is 0 Å². The average molecular weight is 374 g/mol. The fourth-order valence-electron chi connectivity index (χ4n) is 3.39. The van der Waals surface area contributed by atoms with Crippen LogP contribution in [0.1, 0.15) is 26.4 Å². The van der Waals surface area contributed by atoms with Crippen molar-refractivity contribution in [3.8, 4) is 11.1 Å². The van der Waals surface area contributed by atoms with Crippen molar-refractivity contribution >= 4 is 38.3 Å². The lowest BCUT2D eigenvalue weighted by Gasteiger charge is -2.17. The van der Waals surface area contributed by atoms with Crippen LogP contribution < -0.4 is 5.32 Å². The molecule has 1 aliphatic carbocycles. The Balaban J connectivity index is 1.54. The molecule has 2 aromatic heterocycles. The first kappa shape index (κ1) is 15.9. The number of nitrogens with one attached hydrogen (secondary N) is 2. The molecule has 0 atom stereocenters. The van der Waals surface area contributed by atoms with Crippen LogP contribution in [0, 0.1) is 0 Å². The number of thiazole rings is 1.